The Morgan fingerprint density at radius 1 is 1.05 bits per heavy atom. The fourth-order valence-electron chi connectivity index (χ4n) is 2.65. The maximum absolute atomic E-state index is 10.2. The van der Waals surface area contributed by atoms with Crippen molar-refractivity contribution in [1.29, 1.82) is 0 Å². The molecule has 106 valence electrons. The average Bonchev–Trinajstić information content (AvgIpc) is 3.22. The summed E-state index contributed by atoms with van der Waals surface area (Å²) >= 11 is 12.1. The Bertz CT molecular complexity index is 853. The van der Waals surface area contributed by atoms with Crippen molar-refractivity contribution in [3.05, 3.63) is 46.4 Å². The van der Waals surface area contributed by atoms with Gasteiger partial charge in [-0.15, -0.1) is 0 Å². The number of phenolic OH excluding ortho intramolecular Hbond substituents is 1. The molecule has 0 saturated heterocycles. The van der Waals surface area contributed by atoms with Gasteiger partial charge in [0.25, 0.3) is 0 Å². The molecule has 1 aromatic heterocycles. The van der Waals surface area contributed by atoms with Gasteiger partial charge in [0.05, 0.1) is 16.6 Å². The normalized spacial score (nSPS) is 14.8. The second-order valence-corrected chi connectivity index (χ2v) is 6.20. The first-order valence-corrected chi connectivity index (χ1v) is 7.55. The van der Waals surface area contributed by atoms with Crippen molar-refractivity contribution >= 4 is 34.2 Å². The standard InChI is InChI=1S/C16H12Cl2N2O/c17-9-2-6-15(21)12(7-9)16-19-13-8-10(18)1-5-14(13)20(16)11-3-4-11/h1-2,5-8,11,21H,3-4H2. The Labute approximate surface area is 131 Å². The molecule has 1 aliphatic rings. The molecule has 1 saturated carbocycles. The minimum Gasteiger partial charge on any atom is -0.507 e. The predicted octanol–water partition coefficient (Wildman–Crippen LogP) is 5.05. The van der Waals surface area contributed by atoms with Crippen molar-refractivity contribution in [2.24, 2.45) is 0 Å². The number of benzene rings is 2. The fraction of sp³-hybridized carbons (Fsp3) is 0.188. The van der Waals surface area contributed by atoms with Crippen LogP contribution in [0.5, 0.6) is 5.75 Å². The van der Waals surface area contributed by atoms with E-state index in [0.717, 1.165) is 29.7 Å². The summed E-state index contributed by atoms with van der Waals surface area (Å²) in [5.41, 5.74) is 2.53. The number of hydrogen-bond acceptors (Lipinski definition) is 2. The molecule has 2 aromatic carbocycles. The monoisotopic (exact) mass is 318 g/mol. The lowest BCUT2D eigenvalue weighted by atomic mass is 10.2. The van der Waals surface area contributed by atoms with Crippen LogP contribution >= 0.6 is 23.2 Å². The van der Waals surface area contributed by atoms with Gasteiger partial charge in [-0.2, -0.15) is 0 Å². The number of fused-ring (bicyclic) bond motifs is 1. The molecule has 0 amide bonds. The first-order chi connectivity index (χ1) is 10.1. The summed E-state index contributed by atoms with van der Waals surface area (Å²) in [5.74, 6) is 0.928. The number of aromatic nitrogens is 2. The molecule has 0 bridgehead atoms. The molecule has 1 N–H and O–H groups in total. The average molecular weight is 319 g/mol. The van der Waals surface area contributed by atoms with E-state index < -0.39 is 0 Å². The molecule has 0 unspecified atom stereocenters. The van der Waals surface area contributed by atoms with Crippen molar-refractivity contribution in [1.82, 2.24) is 9.55 Å². The lowest BCUT2D eigenvalue weighted by Crippen LogP contribution is -1.97. The van der Waals surface area contributed by atoms with Crippen molar-refractivity contribution in [2.75, 3.05) is 0 Å². The van der Waals surface area contributed by atoms with Crippen molar-refractivity contribution in [3.8, 4) is 17.1 Å². The maximum Gasteiger partial charge on any atom is 0.145 e. The topological polar surface area (TPSA) is 38.1 Å². The van der Waals surface area contributed by atoms with Crippen LogP contribution in [0.15, 0.2) is 36.4 Å². The van der Waals surface area contributed by atoms with Gasteiger partial charge >= 0.3 is 0 Å². The van der Waals surface area contributed by atoms with E-state index in [9.17, 15) is 5.11 Å². The van der Waals surface area contributed by atoms with Gasteiger partial charge in [0.2, 0.25) is 0 Å². The zero-order valence-electron chi connectivity index (χ0n) is 11.1. The molecule has 5 heteroatoms. The van der Waals surface area contributed by atoms with E-state index in [1.54, 1.807) is 18.2 Å². The number of hydrogen-bond donors (Lipinski definition) is 1. The van der Waals surface area contributed by atoms with E-state index in [4.69, 9.17) is 23.2 Å². The molecule has 0 spiro atoms. The molecule has 0 aliphatic heterocycles. The van der Waals surface area contributed by atoms with Crippen molar-refractivity contribution in [3.63, 3.8) is 0 Å². The fourth-order valence-corrected chi connectivity index (χ4v) is 2.99. The molecule has 1 aliphatic carbocycles. The zero-order chi connectivity index (χ0) is 14.6. The highest BCUT2D eigenvalue weighted by atomic mass is 35.5. The second kappa shape index (κ2) is 4.65. The summed E-state index contributed by atoms with van der Waals surface area (Å²) in [5, 5.41) is 11.4. The zero-order valence-corrected chi connectivity index (χ0v) is 12.6. The van der Waals surface area contributed by atoms with Crippen LogP contribution in [0.25, 0.3) is 22.4 Å². The Morgan fingerprint density at radius 2 is 1.76 bits per heavy atom. The number of aromatic hydroxyl groups is 1. The van der Waals surface area contributed by atoms with Gasteiger partial charge in [-0.05, 0) is 49.2 Å². The second-order valence-electron chi connectivity index (χ2n) is 5.33. The summed E-state index contributed by atoms with van der Waals surface area (Å²) in [7, 11) is 0. The molecule has 21 heavy (non-hydrogen) atoms. The number of imidazole rings is 1. The van der Waals surface area contributed by atoms with Crippen LogP contribution in [0.1, 0.15) is 18.9 Å². The summed E-state index contributed by atoms with van der Waals surface area (Å²) in [6.07, 6.45) is 2.25. The van der Waals surface area contributed by atoms with Crippen LogP contribution in [0.4, 0.5) is 0 Å². The van der Waals surface area contributed by atoms with Crippen LogP contribution in [0.3, 0.4) is 0 Å². The summed E-state index contributed by atoms with van der Waals surface area (Å²) in [6, 6.07) is 11.1. The summed E-state index contributed by atoms with van der Waals surface area (Å²) < 4.78 is 2.18. The Hall–Kier alpha value is -1.71. The Morgan fingerprint density at radius 3 is 2.52 bits per heavy atom. The highest BCUT2D eigenvalue weighted by molar-refractivity contribution is 6.31. The lowest BCUT2D eigenvalue weighted by molar-refractivity contribution is 0.476. The number of phenols is 1. The molecule has 0 radical (unpaired) electrons. The highest BCUT2D eigenvalue weighted by Crippen LogP contribution is 2.43. The first kappa shape index (κ1) is 13.0. The number of halogens is 2. The third-order valence-electron chi connectivity index (χ3n) is 3.76. The van der Waals surface area contributed by atoms with Gasteiger partial charge in [0.15, 0.2) is 0 Å². The quantitative estimate of drug-likeness (QED) is 0.718. The molecular formula is C16H12Cl2N2O. The van der Waals surface area contributed by atoms with E-state index >= 15 is 0 Å². The molecule has 4 rings (SSSR count). The van der Waals surface area contributed by atoms with Crippen LogP contribution in [-0.4, -0.2) is 14.7 Å². The lowest BCUT2D eigenvalue weighted by Gasteiger charge is -2.09. The van der Waals surface area contributed by atoms with Crippen LogP contribution in [-0.2, 0) is 0 Å². The third kappa shape index (κ3) is 2.17. The number of nitrogens with zero attached hydrogens (tertiary/aromatic N) is 2. The number of rotatable bonds is 2. The van der Waals surface area contributed by atoms with E-state index in [-0.39, 0.29) is 5.75 Å². The highest BCUT2D eigenvalue weighted by Gasteiger charge is 2.29. The van der Waals surface area contributed by atoms with Crippen molar-refractivity contribution < 1.29 is 5.11 Å². The smallest absolute Gasteiger partial charge is 0.145 e. The first-order valence-electron chi connectivity index (χ1n) is 6.80. The molecule has 1 heterocycles. The largest absolute Gasteiger partial charge is 0.507 e. The Balaban J connectivity index is 2.03. The van der Waals surface area contributed by atoms with Gasteiger partial charge in [0.1, 0.15) is 11.6 Å². The SMILES string of the molecule is Oc1ccc(Cl)cc1-c1nc2cc(Cl)ccc2n1C1CC1. The molecule has 3 nitrogen and oxygen atoms in total. The van der Waals surface area contributed by atoms with Crippen LogP contribution < -0.4 is 0 Å². The van der Waals surface area contributed by atoms with E-state index in [0.29, 0.717) is 21.7 Å². The van der Waals surface area contributed by atoms with E-state index in [1.807, 2.05) is 18.2 Å². The van der Waals surface area contributed by atoms with Gasteiger partial charge in [-0.1, -0.05) is 23.2 Å². The molecular weight excluding hydrogens is 307 g/mol. The molecule has 3 aromatic rings. The maximum atomic E-state index is 10.2. The van der Waals surface area contributed by atoms with E-state index in [2.05, 4.69) is 9.55 Å². The van der Waals surface area contributed by atoms with Gasteiger partial charge in [-0.25, -0.2) is 4.98 Å². The van der Waals surface area contributed by atoms with Gasteiger partial charge in [0, 0.05) is 16.1 Å². The summed E-state index contributed by atoms with van der Waals surface area (Å²) in [4.78, 5) is 4.67. The predicted molar refractivity (Wildman–Crippen MR) is 85.1 cm³/mol. The summed E-state index contributed by atoms with van der Waals surface area (Å²) in [6.45, 7) is 0. The molecule has 1 fully saturated rings. The third-order valence-corrected chi connectivity index (χ3v) is 4.23. The van der Waals surface area contributed by atoms with Crippen LogP contribution in [0.2, 0.25) is 10.0 Å². The van der Waals surface area contributed by atoms with Gasteiger partial charge in [-0.3, -0.25) is 0 Å². The minimum absolute atomic E-state index is 0.183. The minimum atomic E-state index is 0.183. The van der Waals surface area contributed by atoms with Crippen LogP contribution in [0, 0.1) is 0 Å². The Kier molecular flexibility index (Phi) is 2.88. The molecule has 0 atom stereocenters. The van der Waals surface area contributed by atoms with Gasteiger partial charge < -0.3 is 9.67 Å². The van der Waals surface area contributed by atoms with Crippen molar-refractivity contribution in [2.45, 2.75) is 18.9 Å². The van der Waals surface area contributed by atoms with E-state index in [1.165, 1.54) is 0 Å².